The predicted molar refractivity (Wildman–Crippen MR) is 77.5 cm³/mol. The van der Waals surface area contributed by atoms with Crippen molar-refractivity contribution in [2.24, 2.45) is 0 Å². The van der Waals surface area contributed by atoms with Gasteiger partial charge in [0.1, 0.15) is 10.2 Å². The molecule has 2 aromatic rings. The minimum Gasteiger partial charge on any atom is -0.506 e. The highest BCUT2D eigenvalue weighted by molar-refractivity contribution is 9.10. The van der Waals surface area contributed by atoms with Crippen molar-refractivity contribution in [1.29, 1.82) is 0 Å². The summed E-state index contributed by atoms with van der Waals surface area (Å²) in [6.07, 6.45) is 0. The largest absolute Gasteiger partial charge is 0.506 e. The topological polar surface area (TPSA) is 68.5 Å². The molecule has 1 heterocycles. The fraction of sp³-hybridized carbons (Fsp3) is 0.143. The molecule has 0 spiro atoms. The van der Waals surface area contributed by atoms with Crippen molar-refractivity contribution >= 4 is 21.9 Å². The monoisotopic (exact) mass is 337 g/mol. The lowest BCUT2D eigenvalue weighted by Crippen LogP contribution is -2.21. The predicted octanol–water partition coefficient (Wildman–Crippen LogP) is 2.40. The van der Waals surface area contributed by atoms with Gasteiger partial charge in [-0.2, -0.15) is 0 Å². The van der Waals surface area contributed by atoms with Crippen LogP contribution in [0.5, 0.6) is 5.75 Å². The highest BCUT2D eigenvalue weighted by Crippen LogP contribution is 2.22. The molecule has 0 unspecified atom stereocenters. The van der Waals surface area contributed by atoms with Crippen LogP contribution in [0.1, 0.15) is 16.1 Å². The van der Waals surface area contributed by atoms with Gasteiger partial charge in [0.05, 0.1) is 12.7 Å². The molecule has 5 nitrogen and oxygen atoms in total. The van der Waals surface area contributed by atoms with E-state index in [4.69, 9.17) is 0 Å². The van der Waals surface area contributed by atoms with Crippen molar-refractivity contribution in [3.8, 4) is 11.4 Å². The molecule has 0 aliphatic heterocycles. The molecule has 0 saturated carbocycles. The highest BCUT2D eigenvalue weighted by Gasteiger charge is 2.12. The number of methoxy groups -OCH3 is 1. The van der Waals surface area contributed by atoms with Crippen LogP contribution in [0.2, 0.25) is 0 Å². The zero-order chi connectivity index (χ0) is 14.9. The molecule has 0 aliphatic carbocycles. The second-order valence-electron chi connectivity index (χ2n) is 4.16. The molecule has 0 saturated heterocycles. The minimum absolute atomic E-state index is 0.0974. The van der Waals surface area contributed by atoms with Crippen molar-refractivity contribution in [2.75, 3.05) is 7.11 Å². The van der Waals surface area contributed by atoms with Gasteiger partial charge in [-0.25, -0.2) is 4.79 Å². The first kappa shape index (κ1) is 14.3. The maximum atomic E-state index is 12.2. The number of pyridine rings is 1. The minimum atomic E-state index is -0.437. The van der Waals surface area contributed by atoms with Crippen LogP contribution in [0.25, 0.3) is 5.69 Å². The highest BCUT2D eigenvalue weighted by atomic mass is 79.9. The molecule has 0 amide bonds. The van der Waals surface area contributed by atoms with Gasteiger partial charge in [0.2, 0.25) is 0 Å². The van der Waals surface area contributed by atoms with E-state index < -0.39 is 5.97 Å². The lowest BCUT2D eigenvalue weighted by atomic mass is 10.2. The SMILES string of the molecule is COC(=O)c1ccc(-n2c(C)cc(O)c(Br)c2=O)cc1. The number of rotatable bonds is 2. The molecule has 1 N–H and O–H groups in total. The third-order valence-electron chi connectivity index (χ3n) is 2.86. The lowest BCUT2D eigenvalue weighted by molar-refractivity contribution is 0.0601. The summed E-state index contributed by atoms with van der Waals surface area (Å²) in [5, 5.41) is 9.58. The average molecular weight is 338 g/mol. The van der Waals surface area contributed by atoms with Crippen LogP contribution >= 0.6 is 15.9 Å². The van der Waals surface area contributed by atoms with Crippen molar-refractivity contribution < 1.29 is 14.6 Å². The number of aromatic nitrogens is 1. The smallest absolute Gasteiger partial charge is 0.337 e. The summed E-state index contributed by atoms with van der Waals surface area (Å²) in [5.41, 5.74) is 1.22. The summed E-state index contributed by atoms with van der Waals surface area (Å²) in [6.45, 7) is 1.71. The lowest BCUT2D eigenvalue weighted by Gasteiger charge is -2.11. The Kier molecular flexibility index (Phi) is 3.94. The second kappa shape index (κ2) is 5.50. The molecule has 1 aromatic carbocycles. The van der Waals surface area contributed by atoms with E-state index in [2.05, 4.69) is 20.7 Å². The number of halogens is 1. The van der Waals surface area contributed by atoms with E-state index in [0.29, 0.717) is 16.9 Å². The van der Waals surface area contributed by atoms with Crippen molar-refractivity contribution in [2.45, 2.75) is 6.92 Å². The Morgan fingerprint density at radius 2 is 1.90 bits per heavy atom. The molecule has 104 valence electrons. The number of nitrogens with zero attached hydrogens (tertiary/aromatic N) is 1. The first-order valence-electron chi connectivity index (χ1n) is 5.75. The summed E-state index contributed by atoms with van der Waals surface area (Å²) < 4.78 is 6.15. The van der Waals surface area contributed by atoms with Gasteiger partial charge in [-0.15, -0.1) is 0 Å². The summed E-state index contributed by atoms with van der Waals surface area (Å²) >= 11 is 3.05. The van der Waals surface area contributed by atoms with Gasteiger partial charge in [-0.3, -0.25) is 9.36 Å². The molecule has 0 aliphatic rings. The van der Waals surface area contributed by atoms with Crippen molar-refractivity contribution in [3.63, 3.8) is 0 Å². The molecular weight excluding hydrogens is 326 g/mol. The van der Waals surface area contributed by atoms with Crippen LogP contribution in [-0.4, -0.2) is 22.8 Å². The van der Waals surface area contributed by atoms with E-state index in [-0.39, 0.29) is 15.8 Å². The van der Waals surface area contributed by atoms with Crippen LogP contribution in [-0.2, 0) is 4.74 Å². The molecule has 0 atom stereocenters. The van der Waals surface area contributed by atoms with E-state index in [1.54, 1.807) is 31.2 Å². The Hall–Kier alpha value is -2.08. The van der Waals surface area contributed by atoms with Gasteiger partial charge in [0, 0.05) is 17.4 Å². The maximum Gasteiger partial charge on any atom is 0.337 e. The summed E-state index contributed by atoms with van der Waals surface area (Å²) in [5.74, 6) is -0.539. The number of aromatic hydroxyl groups is 1. The van der Waals surface area contributed by atoms with E-state index in [1.807, 2.05) is 0 Å². The maximum absolute atomic E-state index is 12.2. The first-order chi connectivity index (χ1) is 9.45. The Labute approximate surface area is 123 Å². The number of ether oxygens (including phenoxy) is 1. The molecular formula is C14H12BrNO4. The van der Waals surface area contributed by atoms with Crippen molar-refractivity contribution in [1.82, 2.24) is 4.57 Å². The fourth-order valence-corrected chi connectivity index (χ4v) is 2.17. The quantitative estimate of drug-likeness (QED) is 0.854. The number of carbonyl (C=O) groups is 1. The number of hydrogen-bond acceptors (Lipinski definition) is 4. The average Bonchev–Trinajstić information content (AvgIpc) is 2.45. The Morgan fingerprint density at radius 3 is 2.45 bits per heavy atom. The number of hydrogen-bond donors (Lipinski definition) is 1. The van der Waals surface area contributed by atoms with Crippen LogP contribution in [0.15, 0.2) is 39.6 Å². The number of aryl methyl sites for hydroxylation is 1. The van der Waals surface area contributed by atoms with Gasteiger partial charge >= 0.3 is 5.97 Å². The molecule has 0 bridgehead atoms. The van der Waals surface area contributed by atoms with Gasteiger partial charge < -0.3 is 9.84 Å². The van der Waals surface area contributed by atoms with Gasteiger partial charge in [-0.1, -0.05) is 0 Å². The zero-order valence-electron chi connectivity index (χ0n) is 10.9. The fourth-order valence-electron chi connectivity index (χ4n) is 1.88. The van der Waals surface area contributed by atoms with Crippen molar-refractivity contribution in [3.05, 3.63) is 56.4 Å². The summed E-state index contributed by atoms with van der Waals surface area (Å²) in [4.78, 5) is 23.5. The number of carbonyl (C=O) groups excluding carboxylic acids is 1. The Morgan fingerprint density at radius 1 is 1.30 bits per heavy atom. The number of benzene rings is 1. The summed E-state index contributed by atoms with van der Waals surface area (Å²) in [7, 11) is 1.31. The molecule has 6 heteroatoms. The van der Waals surface area contributed by atoms with Crippen LogP contribution in [0.3, 0.4) is 0 Å². The molecule has 2 rings (SSSR count). The third-order valence-corrected chi connectivity index (χ3v) is 3.61. The standard InChI is InChI=1S/C14H12BrNO4/c1-8-7-11(17)12(15)13(18)16(8)10-5-3-9(4-6-10)14(19)20-2/h3-7,17H,1-2H3. The van der Waals surface area contributed by atoms with E-state index in [9.17, 15) is 14.7 Å². The van der Waals surface area contributed by atoms with Gasteiger partial charge in [0.25, 0.3) is 5.56 Å². The van der Waals surface area contributed by atoms with Crippen LogP contribution in [0, 0.1) is 6.92 Å². The molecule has 20 heavy (non-hydrogen) atoms. The second-order valence-corrected chi connectivity index (χ2v) is 4.96. The Bertz CT molecular complexity index is 719. The first-order valence-corrected chi connectivity index (χ1v) is 6.55. The molecule has 0 fully saturated rings. The molecule has 0 radical (unpaired) electrons. The van der Waals surface area contributed by atoms with E-state index >= 15 is 0 Å². The summed E-state index contributed by atoms with van der Waals surface area (Å²) in [6, 6.07) is 7.93. The van der Waals surface area contributed by atoms with Crippen LogP contribution in [0.4, 0.5) is 0 Å². The van der Waals surface area contributed by atoms with Crippen LogP contribution < -0.4 is 5.56 Å². The molecule has 1 aromatic heterocycles. The third kappa shape index (κ3) is 2.46. The van der Waals surface area contributed by atoms with Gasteiger partial charge in [-0.05, 0) is 47.1 Å². The zero-order valence-corrected chi connectivity index (χ0v) is 12.5. The van der Waals surface area contributed by atoms with E-state index in [0.717, 1.165) is 0 Å². The van der Waals surface area contributed by atoms with Gasteiger partial charge in [0.15, 0.2) is 0 Å². The number of esters is 1. The van der Waals surface area contributed by atoms with E-state index in [1.165, 1.54) is 17.7 Å². The normalized spacial score (nSPS) is 10.3. The Balaban J connectivity index is 2.56.